The van der Waals surface area contributed by atoms with Crippen LogP contribution in [0.5, 0.6) is 0 Å². The molecule has 0 aliphatic carbocycles. The Labute approximate surface area is 88.6 Å². The van der Waals surface area contributed by atoms with Crippen molar-refractivity contribution >= 4 is 0 Å². The molecule has 86 valence electrons. The molecule has 0 aromatic carbocycles. The van der Waals surface area contributed by atoms with Gasteiger partial charge in [-0.15, -0.1) is 0 Å². The molecule has 0 atom stereocenters. The molecule has 2 N–H and O–H groups in total. The highest BCUT2D eigenvalue weighted by Gasteiger charge is 2.01. The van der Waals surface area contributed by atoms with E-state index >= 15 is 0 Å². The second-order valence-electron chi connectivity index (χ2n) is 3.68. The number of ether oxygens (including phenoxy) is 1. The van der Waals surface area contributed by atoms with E-state index in [-0.39, 0.29) is 0 Å². The second kappa shape index (κ2) is 11.0. The third-order valence-electron chi connectivity index (χ3n) is 2.35. The van der Waals surface area contributed by atoms with Crippen LogP contribution in [-0.4, -0.2) is 44.8 Å². The second-order valence-corrected chi connectivity index (χ2v) is 3.68. The van der Waals surface area contributed by atoms with Gasteiger partial charge in [-0.3, -0.25) is 0 Å². The summed E-state index contributed by atoms with van der Waals surface area (Å²) in [6.45, 7) is 7.28. The van der Waals surface area contributed by atoms with E-state index in [4.69, 9.17) is 10.5 Å². The van der Waals surface area contributed by atoms with Crippen molar-refractivity contribution in [1.29, 1.82) is 0 Å². The van der Waals surface area contributed by atoms with E-state index in [9.17, 15) is 0 Å². The topological polar surface area (TPSA) is 38.5 Å². The van der Waals surface area contributed by atoms with Crippen LogP contribution in [0.3, 0.4) is 0 Å². The van der Waals surface area contributed by atoms with Crippen molar-refractivity contribution in [2.75, 3.05) is 39.9 Å². The van der Waals surface area contributed by atoms with E-state index in [1.807, 2.05) is 0 Å². The molecule has 0 amide bonds. The van der Waals surface area contributed by atoms with Gasteiger partial charge in [0.2, 0.25) is 0 Å². The van der Waals surface area contributed by atoms with Gasteiger partial charge < -0.3 is 15.4 Å². The van der Waals surface area contributed by atoms with Gasteiger partial charge in [-0.1, -0.05) is 13.3 Å². The van der Waals surface area contributed by atoms with Crippen LogP contribution in [0.25, 0.3) is 0 Å². The number of hydrogen-bond donors (Lipinski definition) is 1. The quantitative estimate of drug-likeness (QED) is 0.545. The largest absolute Gasteiger partial charge is 0.385 e. The number of unbranched alkanes of at least 4 members (excludes halogenated alkanes) is 2. The van der Waals surface area contributed by atoms with Gasteiger partial charge in [0.1, 0.15) is 0 Å². The Morgan fingerprint density at radius 1 is 1.07 bits per heavy atom. The molecule has 0 aliphatic heterocycles. The van der Waals surface area contributed by atoms with Gasteiger partial charge >= 0.3 is 0 Å². The summed E-state index contributed by atoms with van der Waals surface area (Å²) in [7, 11) is 1.76. The molecule has 0 fully saturated rings. The Balaban J connectivity index is 3.40. The number of nitrogens with zero attached hydrogens (tertiary/aromatic N) is 1. The van der Waals surface area contributed by atoms with E-state index in [1.54, 1.807) is 7.11 Å². The average molecular weight is 202 g/mol. The zero-order valence-electron chi connectivity index (χ0n) is 9.80. The average Bonchev–Trinajstić information content (AvgIpc) is 2.20. The van der Waals surface area contributed by atoms with Crippen LogP contribution in [0.4, 0.5) is 0 Å². The summed E-state index contributed by atoms with van der Waals surface area (Å²) in [4.78, 5) is 2.46. The maximum atomic E-state index is 5.57. The molecule has 3 heteroatoms. The first-order valence-corrected chi connectivity index (χ1v) is 5.76. The van der Waals surface area contributed by atoms with Gasteiger partial charge in [0, 0.05) is 26.8 Å². The van der Waals surface area contributed by atoms with Crippen molar-refractivity contribution < 1.29 is 4.74 Å². The van der Waals surface area contributed by atoms with Gasteiger partial charge in [-0.2, -0.15) is 0 Å². The third-order valence-corrected chi connectivity index (χ3v) is 2.35. The smallest absolute Gasteiger partial charge is 0.0462 e. The molecule has 0 bridgehead atoms. The fraction of sp³-hybridized carbons (Fsp3) is 1.00. The van der Waals surface area contributed by atoms with Crippen molar-refractivity contribution in [2.45, 2.75) is 32.6 Å². The Morgan fingerprint density at radius 2 is 1.79 bits per heavy atom. The number of rotatable bonds is 10. The highest BCUT2D eigenvalue weighted by atomic mass is 16.5. The summed E-state index contributed by atoms with van der Waals surface area (Å²) in [5.74, 6) is 0. The molecule has 0 heterocycles. The van der Waals surface area contributed by atoms with E-state index in [0.717, 1.165) is 26.1 Å². The van der Waals surface area contributed by atoms with Crippen LogP contribution in [0.2, 0.25) is 0 Å². The summed E-state index contributed by atoms with van der Waals surface area (Å²) in [6, 6.07) is 0. The number of nitrogens with two attached hydrogens (primary N) is 1. The van der Waals surface area contributed by atoms with Crippen LogP contribution in [-0.2, 0) is 4.74 Å². The van der Waals surface area contributed by atoms with Crippen molar-refractivity contribution in [2.24, 2.45) is 5.73 Å². The molecule has 0 spiro atoms. The van der Waals surface area contributed by atoms with E-state index < -0.39 is 0 Å². The van der Waals surface area contributed by atoms with Crippen LogP contribution in [0, 0.1) is 0 Å². The zero-order valence-corrected chi connectivity index (χ0v) is 9.80. The van der Waals surface area contributed by atoms with Gasteiger partial charge in [-0.05, 0) is 32.4 Å². The van der Waals surface area contributed by atoms with Crippen molar-refractivity contribution in [3.8, 4) is 0 Å². The molecule has 0 radical (unpaired) electrons. The molecule has 0 aromatic heterocycles. The van der Waals surface area contributed by atoms with Crippen molar-refractivity contribution in [3.05, 3.63) is 0 Å². The predicted molar refractivity (Wildman–Crippen MR) is 61.5 cm³/mol. The summed E-state index contributed by atoms with van der Waals surface area (Å²) in [5.41, 5.74) is 5.57. The number of methoxy groups -OCH3 is 1. The molecule has 3 nitrogen and oxygen atoms in total. The van der Waals surface area contributed by atoms with Crippen molar-refractivity contribution in [3.63, 3.8) is 0 Å². The minimum absolute atomic E-state index is 0.772. The lowest BCUT2D eigenvalue weighted by Crippen LogP contribution is -2.31. The molecule has 14 heavy (non-hydrogen) atoms. The maximum absolute atomic E-state index is 5.57. The summed E-state index contributed by atoms with van der Waals surface area (Å²) in [5, 5.41) is 0. The lowest BCUT2D eigenvalue weighted by molar-refractivity contribution is 0.184. The Bertz CT molecular complexity index is 109. The van der Waals surface area contributed by atoms with E-state index in [1.165, 1.54) is 32.4 Å². The minimum Gasteiger partial charge on any atom is -0.385 e. The summed E-state index contributed by atoms with van der Waals surface area (Å²) < 4.78 is 5.02. The zero-order chi connectivity index (χ0) is 10.6. The Kier molecular flexibility index (Phi) is 10.9. The van der Waals surface area contributed by atoms with Crippen LogP contribution >= 0.6 is 0 Å². The highest BCUT2D eigenvalue weighted by Crippen LogP contribution is 1.98. The molecule has 0 saturated carbocycles. The molecule has 0 rings (SSSR count). The van der Waals surface area contributed by atoms with Gasteiger partial charge in [-0.25, -0.2) is 0 Å². The predicted octanol–water partition coefficient (Wildman–Crippen LogP) is 1.47. The van der Waals surface area contributed by atoms with Crippen molar-refractivity contribution in [1.82, 2.24) is 4.90 Å². The monoisotopic (exact) mass is 202 g/mol. The lowest BCUT2D eigenvalue weighted by atomic mass is 10.2. The van der Waals surface area contributed by atoms with Gasteiger partial charge in [0.05, 0.1) is 0 Å². The lowest BCUT2D eigenvalue weighted by Gasteiger charge is -2.20. The van der Waals surface area contributed by atoms with Crippen LogP contribution < -0.4 is 5.73 Å². The molecular formula is C11H26N2O. The fourth-order valence-electron chi connectivity index (χ4n) is 1.48. The normalized spacial score (nSPS) is 11.1. The Hall–Kier alpha value is -0.120. The SMILES string of the molecule is CCCCN(CCN)CCCCOC. The van der Waals surface area contributed by atoms with Crippen LogP contribution in [0.15, 0.2) is 0 Å². The minimum atomic E-state index is 0.772. The number of hydrogen-bond acceptors (Lipinski definition) is 3. The summed E-state index contributed by atoms with van der Waals surface area (Å²) >= 11 is 0. The first-order chi connectivity index (χ1) is 6.85. The molecule has 0 aromatic rings. The first kappa shape index (κ1) is 13.9. The molecule has 0 unspecified atom stereocenters. The van der Waals surface area contributed by atoms with E-state index in [0.29, 0.717) is 0 Å². The Morgan fingerprint density at radius 3 is 2.36 bits per heavy atom. The highest BCUT2D eigenvalue weighted by molar-refractivity contribution is 4.58. The molecule has 0 aliphatic rings. The van der Waals surface area contributed by atoms with Gasteiger partial charge in [0.25, 0.3) is 0 Å². The maximum Gasteiger partial charge on any atom is 0.0462 e. The van der Waals surface area contributed by atoms with E-state index in [2.05, 4.69) is 11.8 Å². The molecule has 0 saturated heterocycles. The third kappa shape index (κ3) is 8.48. The standard InChI is InChI=1S/C11H26N2O/c1-3-4-8-13(10-7-12)9-5-6-11-14-2/h3-12H2,1-2H3. The van der Waals surface area contributed by atoms with Crippen LogP contribution in [0.1, 0.15) is 32.6 Å². The van der Waals surface area contributed by atoms with Gasteiger partial charge in [0.15, 0.2) is 0 Å². The first-order valence-electron chi connectivity index (χ1n) is 5.76. The fourth-order valence-corrected chi connectivity index (χ4v) is 1.48. The summed E-state index contributed by atoms with van der Waals surface area (Å²) in [6.07, 6.45) is 4.92. The molecular weight excluding hydrogens is 176 g/mol.